The van der Waals surface area contributed by atoms with E-state index in [1.54, 1.807) is 62.8 Å². The van der Waals surface area contributed by atoms with E-state index in [4.69, 9.17) is 14.2 Å². The molecule has 3 heterocycles. The van der Waals surface area contributed by atoms with Crippen molar-refractivity contribution in [3.05, 3.63) is 72.4 Å². The van der Waals surface area contributed by atoms with Gasteiger partial charge in [0.05, 0.1) is 55.0 Å². The lowest BCUT2D eigenvalue weighted by Gasteiger charge is -2.41. The molecule has 1 aliphatic heterocycles. The van der Waals surface area contributed by atoms with Gasteiger partial charge in [0.2, 0.25) is 0 Å². The lowest BCUT2D eigenvalue weighted by molar-refractivity contribution is -0.251. The lowest BCUT2D eigenvalue weighted by Crippen LogP contribution is -2.55. The third-order valence-corrected chi connectivity index (χ3v) is 11.6. The van der Waals surface area contributed by atoms with Gasteiger partial charge in [-0.15, -0.1) is 5.10 Å². The Morgan fingerprint density at radius 1 is 1.08 bits per heavy atom. The number of ketones is 1. The van der Waals surface area contributed by atoms with E-state index in [0.717, 1.165) is 27.7 Å². The van der Waals surface area contributed by atoms with Crippen LogP contribution in [0.1, 0.15) is 72.9 Å². The largest absolute Gasteiger partial charge is 0.462 e. The minimum absolute atomic E-state index is 0.108. The number of allylic oxidation sites excluding steroid dienone is 3. The van der Waals surface area contributed by atoms with Gasteiger partial charge in [0.1, 0.15) is 12.2 Å². The van der Waals surface area contributed by atoms with Crippen molar-refractivity contribution in [3.8, 4) is 5.69 Å². The van der Waals surface area contributed by atoms with Crippen LogP contribution >= 0.6 is 0 Å². The fourth-order valence-electron chi connectivity index (χ4n) is 8.22. The summed E-state index contributed by atoms with van der Waals surface area (Å²) < 4.78 is 20.4. The lowest BCUT2D eigenvalue weighted by atomic mass is 9.79. The van der Waals surface area contributed by atoms with E-state index < -0.39 is 72.5 Å². The molecule has 0 bridgehead atoms. The molecule has 0 saturated heterocycles. The maximum Gasteiger partial charge on any atom is 0.308 e. The minimum Gasteiger partial charge on any atom is -0.462 e. The van der Waals surface area contributed by atoms with Gasteiger partial charge in [0.25, 0.3) is 0 Å². The molecule has 0 aliphatic carbocycles. The molecule has 0 fully saturated rings. The van der Waals surface area contributed by atoms with E-state index >= 15 is 0 Å². The predicted molar refractivity (Wildman–Crippen MR) is 229 cm³/mol. The van der Waals surface area contributed by atoms with Crippen molar-refractivity contribution in [1.82, 2.24) is 29.8 Å². The maximum absolute atomic E-state index is 13.8. The number of aromatic nitrogens is 4. The highest BCUT2D eigenvalue weighted by Crippen LogP contribution is 2.33. The molecule has 0 spiro atoms. The van der Waals surface area contributed by atoms with E-state index in [1.807, 2.05) is 64.5 Å². The van der Waals surface area contributed by atoms with Gasteiger partial charge in [0.15, 0.2) is 12.1 Å². The number of fused-ring (bicyclic) bond motifs is 1. The third kappa shape index (κ3) is 13.3. The van der Waals surface area contributed by atoms with Gasteiger partial charge < -0.3 is 44.4 Å². The number of likely N-dealkylation sites (N-methyl/N-ethyl adjacent to an activating group) is 1. The zero-order valence-electron chi connectivity index (χ0n) is 36.8. The standard InChI is InChI=1S/C45H68N6O9/c1-10-40-34(27-52)21-28(3)15-16-38(54)29(4)22-32(18-20-50(9)25-35-26-51(48-47-35)37-14-12-13-33-24-46-19-17-36(33)37)44(30(5)39(55)23-41(56)59-40)60-45(58-11-2)43(57)42(31(6)53)49(7)8/h12-17,19,21,24,26,29-32,34,39-40,42-45,52-53,55,57H,10-11,18,20,22-23,25,27H2,1-9H3/b16-15+,28-21+/t29-,30+,31-,32+,34-,39-,40-,42?,43?,44-,45+/m1/s1. The summed E-state index contributed by atoms with van der Waals surface area (Å²) in [5, 5.41) is 55.3. The van der Waals surface area contributed by atoms with Crippen molar-refractivity contribution in [2.45, 2.75) is 117 Å². The normalized spacial score (nSPS) is 27.3. The number of carbonyl (C=O) groups excluding carboxylic acids is 2. The maximum atomic E-state index is 13.8. The molecule has 11 atom stereocenters. The molecule has 1 aromatic carbocycles. The number of nitrogens with zero attached hydrogens (tertiary/aromatic N) is 6. The SMILES string of the molecule is CCO[C@@H](O[C@H]1[C@@H](CCN(C)Cc2cn(-c3cccc4cnccc34)nn2)C[C@@H](C)C(=O)/C=C/C(C)=C/[C@H](CO)[C@@H](CC)OC(=O)C[C@@H](O)[C@@H]1C)C(O)C([C@@H](C)O)N(C)C. The summed E-state index contributed by atoms with van der Waals surface area (Å²) in [6, 6.07) is 7.11. The van der Waals surface area contributed by atoms with Crippen LogP contribution in [0.5, 0.6) is 0 Å². The van der Waals surface area contributed by atoms with Gasteiger partial charge in [-0.1, -0.05) is 55.8 Å². The van der Waals surface area contributed by atoms with Crippen LogP contribution in [-0.4, -0.2) is 146 Å². The molecule has 1 aliphatic rings. The second kappa shape index (κ2) is 23.3. The molecule has 4 rings (SSSR count). The Morgan fingerprint density at radius 3 is 2.50 bits per heavy atom. The summed E-state index contributed by atoms with van der Waals surface area (Å²) in [4.78, 5) is 35.2. The summed E-state index contributed by atoms with van der Waals surface area (Å²) in [5.74, 6) is -2.83. The Bertz CT molecular complexity index is 1850. The molecule has 60 heavy (non-hydrogen) atoms. The fourth-order valence-corrected chi connectivity index (χ4v) is 8.22. The highest BCUT2D eigenvalue weighted by Gasteiger charge is 2.41. The number of aliphatic hydroxyl groups excluding tert-OH is 4. The van der Waals surface area contributed by atoms with E-state index in [-0.39, 0.29) is 25.4 Å². The monoisotopic (exact) mass is 837 g/mol. The fraction of sp³-hybridized carbons (Fsp3) is 0.622. The van der Waals surface area contributed by atoms with Crippen LogP contribution in [0, 0.1) is 23.7 Å². The minimum atomic E-state index is -1.31. The molecule has 2 aromatic heterocycles. The van der Waals surface area contributed by atoms with Gasteiger partial charge >= 0.3 is 5.97 Å². The first kappa shape index (κ1) is 48.7. The first-order valence-corrected chi connectivity index (χ1v) is 21.2. The topological polar surface area (TPSA) is 193 Å². The molecule has 4 N–H and O–H groups in total. The first-order valence-electron chi connectivity index (χ1n) is 21.2. The molecule has 0 amide bonds. The van der Waals surface area contributed by atoms with Crippen molar-refractivity contribution >= 4 is 22.5 Å². The van der Waals surface area contributed by atoms with Crippen molar-refractivity contribution < 1.29 is 44.2 Å². The quantitative estimate of drug-likeness (QED) is 0.119. The second-order valence-electron chi connectivity index (χ2n) is 16.6. The summed E-state index contributed by atoms with van der Waals surface area (Å²) in [6.07, 6.45) is 5.18. The Labute approximate surface area is 355 Å². The van der Waals surface area contributed by atoms with Crippen molar-refractivity contribution in [3.63, 3.8) is 0 Å². The number of cyclic esters (lactones) is 1. The number of carbonyl (C=O) groups is 2. The smallest absolute Gasteiger partial charge is 0.308 e. The molecule has 3 aromatic rings. The first-order chi connectivity index (χ1) is 28.6. The molecular weight excluding hydrogens is 769 g/mol. The average Bonchev–Trinajstić information content (AvgIpc) is 3.68. The Hall–Kier alpha value is -3.93. The van der Waals surface area contributed by atoms with E-state index in [1.165, 1.54) is 6.08 Å². The number of ether oxygens (including phenoxy) is 3. The zero-order valence-corrected chi connectivity index (χ0v) is 36.8. The summed E-state index contributed by atoms with van der Waals surface area (Å²) >= 11 is 0. The highest BCUT2D eigenvalue weighted by molar-refractivity contribution is 5.92. The van der Waals surface area contributed by atoms with Crippen LogP contribution in [0.4, 0.5) is 0 Å². The molecule has 15 heteroatoms. The predicted octanol–water partition coefficient (Wildman–Crippen LogP) is 4.10. The van der Waals surface area contributed by atoms with Crippen LogP contribution in [0.15, 0.2) is 66.7 Å². The van der Waals surface area contributed by atoms with Crippen LogP contribution in [0.2, 0.25) is 0 Å². The van der Waals surface area contributed by atoms with Gasteiger partial charge in [0, 0.05) is 54.1 Å². The average molecular weight is 837 g/mol. The second-order valence-corrected chi connectivity index (χ2v) is 16.6. The third-order valence-electron chi connectivity index (χ3n) is 11.6. The molecule has 2 unspecified atom stereocenters. The summed E-state index contributed by atoms with van der Waals surface area (Å²) in [7, 11) is 5.45. The molecular formula is C45H68N6O9. The molecule has 332 valence electrons. The molecule has 15 nitrogen and oxygen atoms in total. The molecule has 0 saturated carbocycles. The number of aliphatic hydroxyl groups is 4. The van der Waals surface area contributed by atoms with Crippen LogP contribution < -0.4 is 0 Å². The van der Waals surface area contributed by atoms with Gasteiger partial charge in [-0.2, -0.15) is 0 Å². The van der Waals surface area contributed by atoms with Crippen LogP contribution in [-0.2, 0) is 30.3 Å². The van der Waals surface area contributed by atoms with Crippen molar-refractivity contribution in [1.29, 1.82) is 0 Å². The number of hydrogen-bond acceptors (Lipinski definition) is 14. The summed E-state index contributed by atoms with van der Waals surface area (Å²) in [5.41, 5.74) is 2.37. The van der Waals surface area contributed by atoms with E-state index in [2.05, 4.69) is 20.2 Å². The Kier molecular flexibility index (Phi) is 19.0. The van der Waals surface area contributed by atoms with E-state index in [0.29, 0.717) is 32.4 Å². The molecule has 0 radical (unpaired) electrons. The number of rotatable bonds is 16. The number of benzene rings is 1. The summed E-state index contributed by atoms with van der Waals surface area (Å²) in [6.45, 7) is 11.6. The number of pyridine rings is 1. The Morgan fingerprint density at radius 2 is 1.83 bits per heavy atom. The van der Waals surface area contributed by atoms with Gasteiger partial charge in [-0.05, 0) is 91.8 Å². The Balaban J connectivity index is 1.70. The number of esters is 1. The van der Waals surface area contributed by atoms with Crippen LogP contribution in [0.25, 0.3) is 16.5 Å². The number of hydrogen-bond donors (Lipinski definition) is 4. The van der Waals surface area contributed by atoms with Gasteiger partial charge in [-0.3, -0.25) is 14.6 Å². The van der Waals surface area contributed by atoms with Crippen molar-refractivity contribution in [2.75, 3.05) is 40.9 Å². The van der Waals surface area contributed by atoms with Crippen LogP contribution in [0.3, 0.4) is 0 Å². The zero-order chi connectivity index (χ0) is 44.1. The van der Waals surface area contributed by atoms with Gasteiger partial charge in [-0.25, -0.2) is 4.68 Å². The van der Waals surface area contributed by atoms with Crippen molar-refractivity contribution in [2.24, 2.45) is 23.7 Å². The van der Waals surface area contributed by atoms with E-state index in [9.17, 15) is 30.0 Å². The highest BCUT2D eigenvalue weighted by atomic mass is 16.7.